The summed E-state index contributed by atoms with van der Waals surface area (Å²) in [6.45, 7) is 1.34. The molecule has 160 valence electrons. The third-order valence-corrected chi connectivity index (χ3v) is 6.56. The van der Waals surface area contributed by atoms with Gasteiger partial charge in [0.1, 0.15) is 17.5 Å². The molecule has 0 amide bonds. The first-order valence-corrected chi connectivity index (χ1v) is 11.8. The van der Waals surface area contributed by atoms with Crippen LogP contribution in [-0.2, 0) is 13.1 Å². The standard InChI is InChI=1S/C29H23N3S/c30-19-26-27(23-13-6-2-7-14-23)28(24-15-8-3-9-16-24)32(21-22-11-4-1-5-12-22)29(26)31-20-25-17-10-18-33-25/h1-18,31H,20-21H2. The van der Waals surface area contributed by atoms with Crippen LogP contribution in [0.5, 0.6) is 0 Å². The molecular formula is C29H23N3S. The van der Waals surface area contributed by atoms with Gasteiger partial charge in [0.25, 0.3) is 0 Å². The van der Waals surface area contributed by atoms with Gasteiger partial charge in [-0.2, -0.15) is 5.26 Å². The summed E-state index contributed by atoms with van der Waals surface area (Å²) in [7, 11) is 0. The van der Waals surface area contributed by atoms with E-state index >= 15 is 0 Å². The summed E-state index contributed by atoms with van der Waals surface area (Å²) < 4.78 is 2.26. The summed E-state index contributed by atoms with van der Waals surface area (Å²) in [4.78, 5) is 1.23. The molecule has 0 saturated heterocycles. The Hall–Kier alpha value is -4.07. The van der Waals surface area contributed by atoms with E-state index in [-0.39, 0.29) is 0 Å². The van der Waals surface area contributed by atoms with Gasteiger partial charge < -0.3 is 9.88 Å². The molecule has 3 nitrogen and oxygen atoms in total. The van der Waals surface area contributed by atoms with E-state index in [0.717, 1.165) is 28.2 Å². The zero-order valence-corrected chi connectivity index (χ0v) is 18.9. The lowest BCUT2D eigenvalue weighted by Gasteiger charge is -2.16. The molecule has 33 heavy (non-hydrogen) atoms. The molecule has 3 aromatic carbocycles. The van der Waals surface area contributed by atoms with Crippen LogP contribution in [0, 0.1) is 11.3 Å². The molecule has 0 fully saturated rings. The molecule has 0 saturated carbocycles. The third-order valence-electron chi connectivity index (χ3n) is 5.68. The Morgan fingerprint density at radius 3 is 2.00 bits per heavy atom. The van der Waals surface area contributed by atoms with Crippen LogP contribution in [0.15, 0.2) is 109 Å². The Bertz CT molecular complexity index is 1360. The van der Waals surface area contributed by atoms with Gasteiger partial charge in [-0.25, -0.2) is 0 Å². The van der Waals surface area contributed by atoms with E-state index in [1.165, 1.54) is 10.4 Å². The maximum absolute atomic E-state index is 10.4. The van der Waals surface area contributed by atoms with Crippen molar-refractivity contribution in [1.82, 2.24) is 4.57 Å². The van der Waals surface area contributed by atoms with Crippen molar-refractivity contribution in [2.45, 2.75) is 13.1 Å². The zero-order valence-electron chi connectivity index (χ0n) is 18.1. The van der Waals surface area contributed by atoms with Gasteiger partial charge in [0.2, 0.25) is 0 Å². The van der Waals surface area contributed by atoms with Crippen molar-refractivity contribution >= 4 is 17.2 Å². The number of rotatable bonds is 7. The minimum atomic E-state index is 0.666. The Balaban J connectivity index is 1.76. The number of thiophene rings is 1. The molecule has 0 radical (unpaired) electrons. The largest absolute Gasteiger partial charge is 0.365 e. The molecule has 4 heteroatoms. The number of hydrogen-bond donors (Lipinski definition) is 1. The van der Waals surface area contributed by atoms with Gasteiger partial charge in [-0.1, -0.05) is 97.1 Å². The molecular weight excluding hydrogens is 422 g/mol. The number of hydrogen-bond acceptors (Lipinski definition) is 3. The normalized spacial score (nSPS) is 10.6. The summed E-state index contributed by atoms with van der Waals surface area (Å²) in [6.07, 6.45) is 0. The summed E-state index contributed by atoms with van der Waals surface area (Å²) in [5.41, 5.74) is 6.01. The topological polar surface area (TPSA) is 40.8 Å². The first kappa shape index (κ1) is 20.8. The highest BCUT2D eigenvalue weighted by Crippen LogP contribution is 2.42. The lowest BCUT2D eigenvalue weighted by atomic mass is 9.98. The van der Waals surface area contributed by atoms with E-state index < -0.39 is 0 Å². The molecule has 2 aromatic heterocycles. The van der Waals surface area contributed by atoms with Gasteiger partial charge in [0.05, 0.1) is 12.2 Å². The van der Waals surface area contributed by atoms with Crippen LogP contribution in [0.1, 0.15) is 16.0 Å². The molecule has 5 rings (SSSR count). The molecule has 5 aromatic rings. The number of aromatic nitrogens is 1. The molecule has 0 atom stereocenters. The van der Waals surface area contributed by atoms with Crippen LogP contribution in [0.4, 0.5) is 5.82 Å². The van der Waals surface area contributed by atoms with Crippen LogP contribution in [0.2, 0.25) is 0 Å². The quantitative estimate of drug-likeness (QED) is 0.283. The molecule has 0 aliphatic rings. The zero-order chi connectivity index (χ0) is 22.5. The lowest BCUT2D eigenvalue weighted by Crippen LogP contribution is -2.09. The second-order valence-electron chi connectivity index (χ2n) is 7.80. The number of nitrogens with one attached hydrogen (secondary N) is 1. The number of benzene rings is 3. The smallest absolute Gasteiger partial charge is 0.125 e. The van der Waals surface area contributed by atoms with Gasteiger partial charge in [-0.15, -0.1) is 11.3 Å². The monoisotopic (exact) mass is 445 g/mol. The fraction of sp³-hybridized carbons (Fsp3) is 0.0690. The average molecular weight is 446 g/mol. The Morgan fingerprint density at radius 2 is 1.39 bits per heavy atom. The van der Waals surface area contributed by atoms with Crippen LogP contribution in [0.3, 0.4) is 0 Å². The minimum Gasteiger partial charge on any atom is -0.365 e. The number of nitrogens with zero attached hydrogens (tertiary/aromatic N) is 2. The van der Waals surface area contributed by atoms with Crippen molar-refractivity contribution in [3.8, 4) is 28.5 Å². The van der Waals surface area contributed by atoms with E-state index in [1.807, 2.05) is 30.3 Å². The van der Waals surface area contributed by atoms with Gasteiger partial charge in [0.15, 0.2) is 0 Å². The molecule has 0 unspecified atom stereocenters. The van der Waals surface area contributed by atoms with Gasteiger partial charge in [-0.05, 0) is 28.1 Å². The molecule has 0 aliphatic carbocycles. The highest BCUT2D eigenvalue weighted by atomic mass is 32.1. The molecule has 1 N–H and O–H groups in total. The van der Waals surface area contributed by atoms with Crippen molar-refractivity contribution in [3.63, 3.8) is 0 Å². The summed E-state index contributed by atoms with van der Waals surface area (Å²) in [5, 5.41) is 16.1. The van der Waals surface area contributed by atoms with E-state index in [4.69, 9.17) is 0 Å². The fourth-order valence-corrected chi connectivity index (χ4v) is 4.85. The maximum Gasteiger partial charge on any atom is 0.125 e. The van der Waals surface area contributed by atoms with Crippen molar-refractivity contribution in [2.75, 3.05) is 5.32 Å². The van der Waals surface area contributed by atoms with Gasteiger partial charge in [0, 0.05) is 17.0 Å². The van der Waals surface area contributed by atoms with Crippen LogP contribution < -0.4 is 5.32 Å². The van der Waals surface area contributed by atoms with Crippen LogP contribution in [0.25, 0.3) is 22.4 Å². The summed E-state index contributed by atoms with van der Waals surface area (Å²) >= 11 is 1.71. The first-order chi connectivity index (χ1) is 16.3. The van der Waals surface area contributed by atoms with Gasteiger partial charge in [-0.3, -0.25) is 0 Å². The molecule has 2 heterocycles. The maximum atomic E-state index is 10.4. The third kappa shape index (κ3) is 4.32. The predicted octanol–water partition coefficient (Wildman–Crippen LogP) is 7.42. The van der Waals surface area contributed by atoms with E-state index in [2.05, 4.69) is 94.1 Å². The van der Waals surface area contributed by atoms with Crippen molar-refractivity contribution < 1.29 is 0 Å². The Kier molecular flexibility index (Phi) is 6.06. The second-order valence-corrected chi connectivity index (χ2v) is 8.83. The summed E-state index contributed by atoms with van der Waals surface area (Å²) in [6, 6.07) is 37.7. The van der Waals surface area contributed by atoms with Gasteiger partial charge >= 0.3 is 0 Å². The molecule has 0 spiro atoms. The molecule has 0 aliphatic heterocycles. The lowest BCUT2D eigenvalue weighted by molar-refractivity contribution is 0.813. The molecule has 0 bridgehead atoms. The Labute approximate surface area is 198 Å². The van der Waals surface area contributed by atoms with Crippen molar-refractivity contribution in [3.05, 3.63) is 125 Å². The van der Waals surface area contributed by atoms with E-state index in [1.54, 1.807) is 11.3 Å². The summed E-state index contributed by atoms with van der Waals surface area (Å²) in [5.74, 6) is 0.854. The first-order valence-electron chi connectivity index (χ1n) is 10.9. The van der Waals surface area contributed by atoms with Crippen molar-refractivity contribution in [2.24, 2.45) is 0 Å². The Morgan fingerprint density at radius 1 is 0.758 bits per heavy atom. The number of anilines is 1. The minimum absolute atomic E-state index is 0.666. The predicted molar refractivity (Wildman–Crippen MR) is 137 cm³/mol. The SMILES string of the molecule is N#Cc1c(-c2ccccc2)c(-c2ccccc2)n(Cc2ccccc2)c1NCc1cccs1. The average Bonchev–Trinajstić information content (AvgIpc) is 3.50. The second kappa shape index (κ2) is 9.60. The highest BCUT2D eigenvalue weighted by Gasteiger charge is 2.25. The number of nitriles is 1. The van der Waals surface area contributed by atoms with E-state index in [9.17, 15) is 5.26 Å². The van der Waals surface area contributed by atoms with Crippen molar-refractivity contribution in [1.29, 1.82) is 5.26 Å². The fourth-order valence-electron chi connectivity index (χ4n) is 4.20. The van der Waals surface area contributed by atoms with E-state index in [0.29, 0.717) is 18.7 Å². The highest BCUT2D eigenvalue weighted by molar-refractivity contribution is 7.09. The van der Waals surface area contributed by atoms with Crippen LogP contribution >= 0.6 is 11.3 Å². The van der Waals surface area contributed by atoms with Crippen LogP contribution in [-0.4, -0.2) is 4.57 Å².